The largest absolute Gasteiger partial charge is 0.489 e. The zero-order valence-corrected chi connectivity index (χ0v) is 23.2. The zero-order valence-electron chi connectivity index (χ0n) is 23.2. The summed E-state index contributed by atoms with van der Waals surface area (Å²) in [7, 11) is 2.05. The van der Waals surface area contributed by atoms with Crippen LogP contribution in [0.25, 0.3) is 10.8 Å². The molecular weight excluding hydrogens is 480 g/mol. The molecular formula is C30H42N4O4. The number of hydrogen-bond donors (Lipinski definition) is 1. The number of amides is 2. The van der Waals surface area contributed by atoms with Gasteiger partial charge in [-0.25, -0.2) is 4.98 Å². The minimum atomic E-state index is -0.670. The number of nitrogens with zero attached hydrogens (tertiary/aromatic N) is 3. The summed E-state index contributed by atoms with van der Waals surface area (Å²) in [6.45, 7) is 8.19. The lowest BCUT2D eigenvalue weighted by atomic mass is 9.88. The second-order valence-corrected chi connectivity index (χ2v) is 10.8. The molecule has 2 N–H and O–H groups in total. The van der Waals surface area contributed by atoms with Crippen LogP contribution in [-0.4, -0.2) is 60.6 Å². The third-order valence-electron chi connectivity index (χ3n) is 7.95. The van der Waals surface area contributed by atoms with Gasteiger partial charge in [0.05, 0.1) is 18.8 Å². The molecule has 4 rings (SSSR count). The van der Waals surface area contributed by atoms with Crippen LogP contribution < -0.4 is 20.1 Å². The third kappa shape index (κ3) is 6.22. The lowest BCUT2D eigenvalue weighted by Gasteiger charge is -2.28. The van der Waals surface area contributed by atoms with Gasteiger partial charge in [-0.2, -0.15) is 0 Å². The molecule has 0 radical (unpaired) electrons. The molecule has 2 amide bonds. The van der Waals surface area contributed by atoms with Gasteiger partial charge in [-0.1, -0.05) is 32.4 Å². The fourth-order valence-electron chi connectivity index (χ4n) is 5.72. The first kappa shape index (κ1) is 27.7. The lowest BCUT2D eigenvalue weighted by Crippen LogP contribution is -2.44. The van der Waals surface area contributed by atoms with Crippen molar-refractivity contribution < 1.29 is 19.1 Å². The van der Waals surface area contributed by atoms with Crippen molar-refractivity contribution in [3.05, 3.63) is 36.5 Å². The van der Waals surface area contributed by atoms with Gasteiger partial charge in [0.2, 0.25) is 17.7 Å². The Morgan fingerprint density at radius 2 is 2.11 bits per heavy atom. The molecule has 4 atom stereocenters. The summed E-state index contributed by atoms with van der Waals surface area (Å²) in [5.41, 5.74) is 6.78. The number of anilines is 1. The van der Waals surface area contributed by atoms with Gasteiger partial charge in [-0.15, -0.1) is 0 Å². The van der Waals surface area contributed by atoms with Crippen LogP contribution in [0.4, 0.5) is 5.69 Å². The van der Waals surface area contributed by atoms with Crippen LogP contribution in [0.5, 0.6) is 11.6 Å². The number of hydrogen-bond acceptors (Lipinski definition) is 6. The average molecular weight is 523 g/mol. The van der Waals surface area contributed by atoms with Gasteiger partial charge in [0.15, 0.2) is 5.75 Å². The standard InChI is InChI=1S/C30H42N4O4/c1-5-7-8-9-20(3)16-21(6-2)17-27(35)34-19-22(18-26(34)29(31)36)38-30-24-10-11-25-28(23(24)12-13-32-30)37-15-14-33(25)4/h5,7,10-13,20-22,26H,6,8-9,14-19H2,1-4H3,(H2,31,36)/b7-5-/t20-,21-,22-,26+/m1/s1. The quantitative estimate of drug-likeness (QED) is 0.430. The molecule has 8 heteroatoms. The van der Waals surface area contributed by atoms with E-state index >= 15 is 0 Å². The molecule has 0 unspecified atom stereocenters. The molecule has 0 spiro atoms. The summed E-state index contributed by atoms with van der Waals surface area (Å²) in [5.74, 6) is 1.61. The van der Waals surface area contributed by atoms with Gasteiger partial charge in [-0.3, -0.25) is 9.59 Å². The molecule has 2 aliphatic heterocycles. The normalized spacial score (nSPS) is 20.8. The van der Waals surface area contributed by atoms with Crippen LogP contribution in [0.3, 0.4) is 0 Å². The number of likely N-dealkylation sites (N-methyl/N-ethyl adjacent to an activating group) is 1. The Balaban J connectivity index is 1.45. The van der Waals surface area contributed by atoms with Crippen LogP contribution in [-0.2, 0) is 9.59 Å². The van der Waals surface area contributed by atoms with Crippen molar-refractivity contribution in [2.75, 3.05) is 31.6 Å². The van der Waals surface area contributed by atoms with E-state index in [0.717, 1.165) is 54.4 Å². The number of pyridine rings is 1. The van der Waals surface area contributed by atoms with E-state index in [4.69, 9.17) is 15.2 Å². The highest BCUT2D eigenvalue weighted by molar-refractivity contribution is 5.96. The number of likely N-dealkylation sites (tertiary alicyclic amines) is 1. The molecule has 1 saturated heterocycles. The molecule has 3 heterocycles. The molecule has 1 aromatic carbocycles. The summed E-state index contributed by atoms with van der Waals surface area (Å²) < 4.78 is 12.3. The highest BCUT2D eigenvalue weighted by Gasteiger charge is 2.40. The molecule has 38 heavy (non-hydrogen) atoms. The fourth-order valence-corrected chi connectivity index (χ4v) is 5.72. The monoisotopic (exact) mass is 522 g/mol. The molecule has 0 saturated carbocycles. The molecule has 1 aromatic heterocycles. The second-order valence-electron chi connectivity index (χ2n) is 10.8. The number of carbonyl (C=O) groups is 2. The number of allylic oxidation sites excluding steroid dienone is 2. The van der Waals surface area contributed by atoms with Gasteiger partial charge in [0.1, 0.15) is 18.8 Å². The summed E-state index contributed by atoms with van der Waals surface area (Å²) in [5, 5.41) is 1.78. The molecule has 2 aromatic rings. The molecule has 0 bridgehead atoms. The minimum Gasteiger partial charge on any atom is -0.489 e. The number of benzene rings is 1. The van der Waals surface area contributed by atoms with Gasteiger partial charge in [-0.05, 0) is 56.2 Å². The summed E-state index contributed by atoms with van der Waals surface area (Å²) >= 11 is 0. The van der Waals surface area contributed by atoms with Gasteiger partial charge in [0, 0.05) is 36.9 Å². The van der Waals surface area contributed by atoms with Crippen LogP contribution in [0.2, 0.25) is 0 Å². The Morgan fingerprint density at radius 1 is 1.29 bits per heavy atom. The van der Waals surface area contributed by atoms with Gasteiger partial charge < -0.3 is 25.0 Å². The first-order valence-corrected chi connectivity index (χ1v) is 13.9. The summed E-state index contributed by atoms with van der Waals surface area (Å²) in [6, 6.07) is 5.28. The zero-order chi connectivity index (χ0) is 27.2. The Bertz CT molecular complexity index is 1170. The van der Waals surface area contributed by atoms with E-state index in [1.54, 1.807) is 11.1 Å². The van der Waals surface area contributed by atoms with Crippen molar-refractivity contribution in [1.29, 1.82) is 0 Å². The molecule has 2 aliphatic rings. The first-order valence-electron chi connectivity index (χ1n) is 13.9. The second kappa shape index (κ2) is 12.5. The number of aromatic nitrogens is 1. The van der Waals surface area contributed by atoms with Crippen molar-refractivity contribution in [2.45, 2.75) is 71.4 Å². The number of carbonyl (C=O) groups excluding carboxylic acids is 2. The van der Waals surface area contributed by atoms with Crippen molar-refractivity contribution in [2.24, 2.45) is 17.6 Å². The highest BCUT2D eigenvalue weighted by atomic mass is 16.5. The van der Waals surface area contributed by atoms with Gasteiger partial charge in [0.25, 0.3) is 0 Å². The summed E-state index contributed by atoms with van der Waals surface area (Å²) in [4.78, 5) is 34.0. The van der Waals surface area contributed by atoms with E-state index < -0.39 is 11.9 Å². The lowest BCUT2D eigenvalue weighted by molar-refractivity contribution is -0.138. The Morgan fingerprint density at radius 3 is 2.84 bits per heavy atom. The number of ether oxygens (including phenoxy) is 2. The molecule has 0 aliphatic carbocycles. The maximum absolute atomic E-state index is 13.4. The van der Waals surface area contributed by atoms with Crippen LogP contribution in [0, 0.1) is 11.8 Å². The molecule has 8 nitrogen and oxygen atoms in total. The van der Waals surface area contributed by atoms with E-state index in [-0.39, 0.29) is 17.9 Å². The predicted octanol–water partition coefficient (Wildman–Crippen LogP) is 4.70. The molecule has 206 valence electrons. The highest BCUT2D eigenvalue weighted by Crippen LogP contribution is 2.40. The topological polar surface area (TPSA) is 98.0 Å². The van der Waals surface area contributed by atoms with E-state index in [1.807, 2.05) is 32.2 Å². The van der Waals surface area contributed by atoms with Crippen LogP contribution in [0.1, 0.15) is 59.3 Å². The smallest absolute Gasteiger partial charge is 0.240 e. The minimum absolute atomic E-state index is 0.0243. The van der Waals surface area contributed by atoms with Crippen LogP contribution >= 0.6 is 0 Å². The first-order chi connectivity index (χ1) is 18.3. The predicted molar refractivity (Wildman–Crippen MR) is 150 cm³/mol. The fraction of sp³-hybridized carbons (Fsp3) is 0.567. The Hall–Kier alpha value is -3.29. The number of primary amides is 1. The van der Waals surface area contributed by atoms with E-state index in [0.29, 0.717) is 37.8 Å². The van der Waals surface area contributed by atoms with Crippen LogP contribution in [0.15, 0.2) is 36.5 Å². The Labute approximate surface area is 226 Å². The Kier molecular flexibility index (Phi) is 9.13. The van der Waals surface area contributed by atoms with E-state index in [9.17, 15) is 9.59 Å². The maximum atomic E-state index is 13.4. The maximum Gasteiger partial charge on any atom is 0.240 e. The van der Waals surface area contributed by atoms with Crippen molar-refractivity contribution >= 4 is 28.3 Å². The van der Waals surface area contributed by atoms with Gasteiger partial charge >= 0.3 is 0 Å². The van der Waals surface area contributed by atoms with Crippen molar-refractivity contribution in [3.8, 4) is 11.6 Å². The number of rotatable bonds is 11. The average Bonchev–Trinajstić information content (AvgIpc) is 3.33. The number of nitrogens with two attached hydrogens (primary N) is 1. The third-order valence-corrected chi connectivity index (χ3v) is 7.95. The van der Waals surface area contributed by atoms with E-state index in [1.165, 1.54) is 0 Å². The van der Waals surface area contributed by atoms with Crippen molar-refractivity contribution in [3.63, 3.8) is 0 Å². The van der Waals surface area contributed by atoms with Crippen molar-refractivity contribution in [1.82, 2.24) is 9.88 Å². The summed E-state index contributed by atoms with van der Waals surface area (Å²) in [6.07, 6.45) is 10.5. The molecule has 1 fully saturated rings. The van der Waals surface area contributed by atoms with E-state index in [2.05, 4.69) is 35.9 Å². The SMILES string of the molecule is C/C=C\CC[C@@H](C)C[C@@H](CC)CC(=O)N1C[C@H](Oc2nccc3c4c(ccc23)N(C)CCO4)C[C@H]1C(N)=O. The number of fused-ring (bicyclic) bond motifs is 3.